The average molecular weight is 291 g/mol. The molecular formula is C15H21N3O3. The first-order chi connectivity index (χ1) is 9.90. The maximum atomic E-state index is 11.6. The van der Waals surface area contributed by atoms with E-state index >= 15 is 0 Å². The summed E-state index contributed by atoms with van der Waals surface area (Å²) in [5.41, 5.74) is 6.89. The van der Waals surface area contributed by atoms with Gasteiger partial charge in [0.05, 0.1) is 6.54 Å². The first kappa shape index (κ1) is 15.3. The lowest BCUT2D eigenvalue weighted by Gasteiger charge is -2.30. The molecule has 0 aromatic carbocycles. The molecule has 0 unspecified atom stereocenters. The lowest BCUT2D eigenvalue weighted by atomic mass is 10.1. The number of carboxylic acid groups (broad SMARTS) is 1. The summed E-state index contributed by atoms with van der Waals surface area (Å²) in [5, 5.41) is 9.48. The van der Waals surface area contributed by atoms with E-state index in [4.69, 9.17) is 5.73 Å². The number of carbonyl (C=O) groups excluding carboxylic acids is 1. The first-order valence-electron chi connectivity index (χ1n) is 7.16. The number of aromatic carboxylic acids is 1. The molecule has 1 aliphatic rings. The predicted molar refractivity (Wildman–Crippen MR) is 79.5 cm³/mol. The lowest BCUT2D eigenvalue weighted by Crippen LogP contribution is -2.41. The number of amides is 1. The van der Waals surface area contributed by atoms with Crippen LogP contribution in [0.1, 0.15) is 47.3 Å². The minimum atomic E-state index is -1.03. The molecule has 1 amide bonds. The zero-order valence-corrected chi connectivity index (χ0v) is 12.4. The molecule has 0 aliphatic heterocycles. The SMILES string of the molecule is Cc1cc(C)c(C(=O)O)c(N(CC(N)=O)C2CCCC2)n1. The van der Waals surface area contributed by atoms with Crippen LogP contribution in [0.3, 0.4) is 0 Å². The second kappa shape index (κ2) is 6.11. The van der Waals surface area contributed by atoms with E-state index < -0.39 is 11.9 Å². The lowest BCUT2D eigenvalue weighted by molar-refractivity contribution is -0.116. The van der Waals surface area contributed by atoms with Crippen molar-refractivity contribution in [2.24, 2.45) is 5.73 Å². The number of aromatic nitrogens is 1. The molecule has 2 rings (SSSR count). The summed E-state index contributed by atoms with van der Waals surface area (Å²) in [6.45, 7) is 3.57. The van der Waals surface area contributed by atoms with Crippen molar-refractivity contribution in [3.8, 4) is 0 Å². The van der Waals surface area contributed by atoms with Gasteiger partial charge >= 0.3 is 5.97 Å². The van der Waals surface area contributed by atoms with Crippen LogP contribution in [0.25, 0.3) is 0 Å². The molecule has 0 spiro atoms. The van der Waals surface area contributed by atoms with Gasteiger partial charge in [0.25, 0.3) is 0 Å². The van der Waals surface area contributed by atoms with Crippen LogP contribution in [0.2, 0.25) is 0 Å². The summed E-state index contributed by atoms with van der Waals surface area (Å²) in [6.07, 6.45) is 4.02. The molecule has 1 heterocycles. The highest BCUT2D eigenvalue weighted by Gasteiger charge is 2.29. The van der Waals surface area contributed by atoms with Gasteiger partial charge in [-0.15, -0.1) is 0 Å². The van der Waals surface area contributed by atoms with Crippen molar-refractivity contribution in [2.45, 2.75) is 45.6 Å². The van der Waals surface area contributed by atoms with Gasteiger partial charge in [-0.05, 0) is 38.3 Å². The quantitative estimate of drug-likeness (QED) is 0.859. The first-order valence-corrected chi connectivity index (χ1v) is 7.16. The van der Waals surface area contributed by atoms with Gasteiger partial charge in [-0.1, -0.05) is 12.8 Å². The van der Waals surface area contributed by atoms with Gasteiger partial charge in [0.2, 0.25) is 5.91 Å². The number of hydrogen-bond acceptors (Lipinski definition) is 4. The fourth-order valence-corrected chi connectivity index (χ4v) is 3.05. The van der Waals surface area contributed by atoms with E-state index in [9.17, 15) is 14.7 Å². The number of carbonyl (C=O) groups is 2. The topological polar surface area (TPSA) is 96.5 Å². The Morgan fingerprint density at radius 3 is 2.52 bits per heavy atom. The van der Waals surface area contributed by atoms with Crippen molar-refractivity contribution in [1.82, 2.24) is 4.98 Å². The van der Waals surface area contributed by atoms with Gasteiger partial charge in [0, 0.05) is 11.7 Å². The number of primary amides is 1. The highest BCUT2D eigenvalue weighted by molar-refractivity contribution is 5.96. The third-order valence-electron chi connectivity index (χ3n) is 3.90. The van der Waals surface area contributed by atoms with Gasteiger partial charge in [-0.2, -0.15) is 0 Å². The highest BCUT2D eigenvalue weighted by atomic mass is 16.4. The Morgan fingerprint density at radius 2 is 2.00 bits per heavy atom. The van der Waals surface area contributed by atoms with Crippen molar-refractivity contribution in [3.05, 3.63) is 22.9 Å². The molecule has 0 atom stereocenters. The molecule has 1 aliphatic carbocycles. The minimum Gasteiger partial charge on any atom is -0.478 e. The van der Waals surface area contributed by atoms with Crippen molar-refractivity contribution < 1.29 is 14.7 Å². The summed E-state index contributed by atoms with van der Waals surface area (Å²) in [6, 6.07) is 1.87. The van der Waals surface area contributed by atoms with Gasteiger partial charge in [-0.25, -0.2) is 9.78 Å². The molecule has 1 saturated carbocycles. The van der Waals surface area contributed by atoms with Crippen LogP contribution >= 0.6 is 0 Å². The van der Waals surface area contributed by atoms with E-state index in [1.807, 2.05) is 6.92 Å². The molecule has 1 aromatic heterocycles. The van der Waals surface area contributed by atoms with E-state index in [-0.39, 0.29) is 18.2 Å². The largest absolute Gasteiger partial charge is 0.478 e. The van der Waals surface area contributed by atoms with E-state index in [1.54, 1.807) is 17.9 Å². The molecule has 0 radical (unpaired) electrons. The van der Waals surface area contributed by atoms with Crippen LogP contribution in [-0.2, 0) is 4.79 Å². The molecule has 0 bridgehead atoms. The zero-order valence-electron chi connectivity index (χ0n) is 12.4. The number of anilines is 1. The Balaban J connectivity index is 2.52. The van der Waals surface area contributed by atoms with Crippen LogP contribution < -0.4 is 10.6 Å². The molecule has 21 heavy (non-hydrogen) atoms. The Bertz CT molecular complexity index is 566. The van der Waals surface area contributed by atoms with E-state index in [2.05, 4.69) is 4.98 Å². The van der Waals surface area contributed by atoms with E-state index in [1.165, 1.54) is 0 Å². The van der Waals surface area contributed by atoms with Crippen molar-refractivity contribution >= 4 is 17.7 Å². The Morgan fingerprint density at radius 1 is 1.38 bits per heavy atom. The van der Waals surface area contributed by atoms with Crippen molar-refractivity contribution in [1.29, 1.82) is 0 Å². The molecule has 6 heteroatoms. The van der Waals surface area contributed by atoms with Gasteiger partial charge in [0.15, 0.2) is 0 Å². The summed E-state index contributed by atoms with van der Waals surface area (Å²) < 4.78 is 0. The third-order valence-corrected chi connectivity index (χ3v) is 3.90. The third kappa shape index (κ3) is 3.32. The Hall–Kier alpha value is -2.11. The number of carboxylic acids is 1. The van der Waals surface area contributed by atoms with Crippen LogP contribution in [0.5, 0.6) is 0 Å². The van der Waals surface area contributed by atoms with Crippen LogP contribution in [0.4, 0.5) is 5.82 Å². The molecular weight excluding hydrogens is 270 g/mol. The molecule has 3 N–H and O–H groups in total. The number of hydrogen-bond donors (Lipinski definition) is 2. The molecule has 0 saturated heterocycles. The predicted octanol–water partition coefficient (Wildman–Crippen LogP) is 1.63. The standard InChI is InChI=1S/C15H21N3O3/c1-9-7-10(2)17-14(13(9)15(20)21)18(8-12(16)19)11-5-3-4-6-11/h7,11H,3-6,8H2,1-2H3,(H2,16,19)(H,20,21). The summed E-state index contributed by atoms with van der Waals surface area (Å²) in [5.74, 6) is -1.13. The van der Waals surface area contributed by atoms with E-state index in [0.717, 1.165) is 31.4 Å². The minimum absolute atomic E-state index is 0.000833. The Labute approximate surface area is 124 Å². The highest BCUT2D eigenvalue weighted by Crippen LogP contribution is 2.30. The normalized spacial score (nSPS) is 15.1. The second-order valence-electron chi connectivity index (χ2n) is 5.62. The maximum Gasteiger partial charge on any atom is 0.339 e. The summed E-state index contributed by atoms with van der Waals surface area (Å²) >= 11 is 0. The number of nitrogens with two attached hydrogens (primary N) is 1. The fraction of sp³-hybridized carbons (Fsp3) is 0.533. The summed E-state index contributed by atoms with van der Waals surface area (Å²) in [4.78, 5) is 29.1. The maximum absolute atomic E-state index is 11.6. The van der Waals surface area contributed by atoms with Gasteiger partial charge < -0.3 is 15.7 Å². The number of rotatable bonds is 5. The molecule has 1 aromatic rings. The van der Waals surface area contributed by atoms with Gasteiger partial charge in [-0.3, -0.25) is 4.79 Å². The second-order valence-corrected chi connectivity index (χ2v) is 5.62. The Kier molecular flexibility index (Phi) is 4.45. The van der Waals surface area contributed by atoms with Gasteiger partial charge in [0.1, 0.15) is 11.4 Å². The fourth-order valence-electron chi connectivity index (χ4n) is 3.05. The number of aryl methyl sites for hydroxylation is 2. The van der Waals surface area contributed by atoms with Crippen LogP contribution in [0, 0.1) is 13.8 Å². The van der Waals surface area contributed by atoms with Crippen molar-refractivity contribution in [3.63, 3.8) is 0 Å². The monoisotopic (exact) mass is 291 g/mol. The molecule has 114 valence electrons. The van der Waals surface area contributed by atoms with Crippen molar-refractivity contribution in [2.75, 3.05) is 11.4 Å². The number of pyridine rings is 1. The molecule has 1 fully saturated rings. The summed E-state index contributed by atoms with van der Waals surface area (Å²) in [7, 11) is 0. The molecule has 6 nitrogen and oxygen atoms in total. The number of nitrogens with zero attached hydrogens (tertiary/aromatic N) is 2. The van der Waals surface area contributed by atoms with Crippen LogP contribution in [-0.4, -0.2) is 34.6 Å². The average Bonchev–Trinajstić information content (AvgIpc) is 2.87. The smallest absolute Gasteiger partial charge is 0.339 e. The zero-order chi connectivity index (χ0) is 15.6. The van der Waals surface area contributed by atoms with Crippen LogP contribution in [0.15, 0.2) is 6.07 Å². The van der Waals surface area contributed by atoms with E-state index in [0.29, 0.717) is 11.4 Å².